The molecular weight excluding hydrogens is 322 g/mol. The molecule has 0 radical (unpaired) electrons. The molecular formula is C19H29NO5. The van der Waals surface area contributed by atoms with Crippen molar-refractivity contribution in [2.24, 2.45) is 0 Å². The van der Waals surface area contributed by atoms with E-state index in [2.05, 4.69) is 5.32 Å². The van der Waals surface area contributed by atoms with E-state index in [-0.39, 0.29) is 0 Å². The highest BCUT2D eigenvalue weighted by Crippen LogP contribution is 2.24. The molecule has 0 aliphatic carbocycles. The molecule has 0 heterocycles. The van der Waals surface area contributed by atoms with Crippen LogP contribution in [-0.4, -0.2) is 42.5 Å². The van der Waals surface area contributed by atoms with Gasteiger partial charge in [-0.15, -0.1) is 0 Å². The average Bonchev–Trinajstić information content (AvgIpc) is 2.54. The fraction of sp³-hybridized carbons (Fsp3) is 0.579. The lowest BCUT2D eigenvalue weighted by Gasteiger charge is -2.21. The number of carbonyl (C=O) groups excluding carboxylic acids is 2. The molecule has 2 atom stereocenters. The molecule has 2 unspecified atom stereocenters. The number of aliphatic hydroxyl groups excluding tert-OH is 1. The third kappa shape index (κ3) is 8.03. The average molecular weight is 351 g/mol. The van der Waals surface area contributed by atoms with Crippen molar-refractivity contribution in [3.05, 3.63) is 35.9 Å². The summed E-state index contributed by atoms with van der Waals surface area (Å²) in [7, 11) is 1.32. The Labute approximate surface area is 149 Å². The molecule has 0 aromatic heterocycles. The summed E-state index contributed by atoms with van der Waals surface area (Å²) in [4.78, 5) is 23.5. The summed E-state index contributed by atoms with van der Waals surface area (Å²) in [6.45, 7) is 5.87. The molecule has 0 aliphatic heterocycles. The van der Waals surface area contributed by atoms with Crippen molar-refractivity contribution in [3.8, 4) is 0 Å². The van der Waals surface area contributed by atoms with Crippen LogP contribution >= 0.6 is 0 Å². The van der Waals surface area contributed by atoms with Crippen LogP contribution in [0.25, 0.3) is 0 Å². The van der Waals surface area contributed by atoms with Gasteiger partial charge in [-0.1, -0.05) is 30.3 Å². The minimum Gasteiger partial charge on any atom is -0.468 e. The minimum absolute atomic E-state index is 0.435. The molecule has 2 N–H and O–H groups in total. The molecule has 0 bridgehead atoms. The lowest BCUT2D eigenvalue weighted by atomic mass is 9.90. The molecule has 140 valence electrons. The molecule has 6 nitrogen and oxygen atoms in total. The van der Waals surface area contributed by atoms with Crippen LogP contribution in [0.2, 0.25) is 0 Å². The Morgan fingerprint density at radius 2 is 1.80 bits per heavy atom. The molecule has 0 fully saturated rings. The summed E-state index contributed by atoms with van der Waals surface area (Å²) >= 11 is 0. The monoisotopic (exact) mass is 351 g/mol. The first-order valence-corrected chi connectivity index (χ1v) is 8.52. The van der Waals surface area contributed by atoms with Crippen LogP contribution in [0.4, 0.5) is 4.79 Å². The lowest BCUT2D eigenvalue weighted by molar-refractivity contribution is -0.145. The second-order valence-corrected chi connectivity index (χ2v) is 6.90. The summed E-state index contributed by atoms with van der Waals surface area (Å²) in [6, 6.07) is 9.10. The van der Waals surface area contributed by atoms with E-state index in [0.29, 0.717) is 25.8 Å². The maximum Gasteiger partial charge on any atom is 0.407 e. The van der Waals surface area contributed by atoms with Gasteiger partial charge in [-0.25, -0.2) is 4.79 Å². The number of rotatable bonds is 8. The fourth-order valence-corrected chi connectivity index (χ4v) is 2.45. The van der Waals surface area contributed by atoms with E-state index in [1.165, 1.54) is 7.11 Å². The highest BCUT2D eigenvalue weighted by atomic mass is 16.6. The van der Waals surface area contributed by atoms with Gasteiger partial charge in [0.25, 0.3) is 0 Å². The Balaban J connectivity index is 2.42. The first kappa shape index (κ1) is 21.0. The third-order valence-electron chi connectivity index (χ3n) is 3.59. The molecule has 0 saturated carbocycles. The molecule has 0 spiro atoms. The van der Waals surface area contributed by atoms with Gasteiger partial charge in [0.15, 0.2) is 0 Å². The SMILES string of the molecule is COC(=O)C(c1ccccc1)C(O)CCCCNC(=O)OC(C)(C)C. The second-order valence-electron chi connectivity index (χ2n) is 6.90. The number of ether oxygens (including phenoxy) is 2. The number of carbonyl (C=O) groups is 2. The van der Waals surface area contributed by atoms with E-state index in [1.807, 2.05) is 18.2 Å². The number of hydrogen-bond acceptors (Lipinski definition) is 5. The van der Waals surface area contributed by atoms with Crippen molar-refractivity contribution in [1.29, 1.82) is 0 Å². The van der Waals surface area contributed by atoms with E-state index >= 15 is 0 Å². The summed E-state index contributed by atoms with van der Waals surface area (Å²) in [6.07, 6.45) is 0.488. The number of benzene rings is 1. The van der Waals surface area contributed by atoms with Crippen molar-refractivity contribution < 1.29 is 24.2 Å². The predicted octanol–water partition coefficient (Wildman–Crippen LogP) is 3.00. The van der Waals surface area contributed by atoms with E-state index in [1.54, 1.807) is 32.9 Å². The summed E-state index contributed by atoms with van der Waals surface area (Å²) in [5, 5.41) is 13.1. The van der Waals surface area contributed by atoms with Gasteiger partial charge in [0.2, 0.25) is 0 Å². The quantitative estimate of drug-likeness (QED) is 0.555. The van der Waals surface area contributed by atoms with Crippen LogP contribution < -0.4 is 5.32 Å². The standard InChI is InChI=1S/C19H29NO5/c1-19(2,3)25-18(23)20-13-9-8-12-15(21)16(17(22)24-4)14-10-6-5-7-11-14/h5-7,10-11,15-16,21H,8-9,12-13H2,1-4H3,(H,20,23). The Bertz CT molecular complexity index is 538. The van der Waals surface area contributed by atoms with E-state index in [0.717, 1.165) is 5.56 Å². The first-order chi connectivity index (χ1) is 11.7. The van der Waals surface area contributed by atoms with Crippen LogP contribution in [0.15, 0.2) is 30.3 Å². The van der Waals surface area contributed by atoms with Crippen molar-refractivity contribution in [2.45, 2.75) is 57.7 Å². The third-order valence-corrected chi connectivity index (χ3v) is 3.59. The van der Waals surface area contributed by atoms with E-state index < -0.39 is 29.7 Å². The normalized spacial score (nSPS) is 13.6. The first-order valence-electron chi connectivity index (χ1n) is 8.52. The zero-order chi connectivity index (χ0) is 18.9. The van der Waals surface area contributed by atoms with Gasteiger partial charge in [0, 0.05) is 6.54 Å². The maximum atomic E-state index is 12.0. The van der Waals surface area contributed by atoms with Crippen molar-refractivity contribution in [1.82, 2.24) is 5.32 Å². The van der Waals surface area contributed by atoms with Gasteiger partial charge in [0.1, 0.15) is 11.5 Å². The smallest absolute Gasteiger partial charge is 0.407 e. The van der Waals surface area contributed by atoms with Crippen LogP contribution in [-0.2, 0) is 14.3 Å². The predicted molar refractivity (Wildman–Crippen MR) is 95.3 cm³/mol. The minimum atomic E-state index is -0.837. The number of unbranched alkanes of at least 4 members (excludes halogenated alkanes) is 1. The van der Waals surface area contributed by atoms with Gasteiger partial charge >= 0.3 is 12.1 Å². The topological polar surface area (TPSA) is 84.9 Å². The largest absolute Gasteiger partial charge is 0.468 e. The zero-order valence-electron chi connectivity index (χ0n) is 15.5. The molecule has 1 aromatic carbocycles. The fourth-order valence-electron chi connectivity index (χ4n) is 2.45. The molecule has 0 saturated heterocycles. The highest BCUT2D eigenvalue weighted by Gasteiger charge is 2.29. The van der Waals surface area contributed by atoms with E-state index in [9.17, 15) is 14.7 Å². The zero-order valence-corrected chi connectivity index (χ0v) is 15.5. The number of aliphatic hydroxyl groups is 1. The number of amides is 1. The Morgan fingerprint density at radius 3 is 2.36 bits per heavy atom. The Kier molecular flexibility index (Phi) is 8.41. The second kappa shape index (κ2) is 10.0. The van der Waals surface area contributed by atoms with Gasteiger partial charge in [-0.05, 0) is 45.6 Å². The molecule has 6 heteroatoms. The molecule has 1 aromatic rings. The van der Waals surface area contributed by atoms with Crippen LogP contribution in [0.1, 0.15) is 51.5 Å². The number of hydrogen-bond donors (Lipinski definition) is 2. The van der Waals surface area contributed by atoms with Gasteiger partial charge < -0.3 is 19.9 Å². The summed E-state index contributed by atoms with van der Waals surface area (Å²) in [5.41, 5.74) is 0.206. The van der Waals surface area contributed by atoms with Crippen LogP contribution in [0, 0.1) is 0 Å². The van der Waals surface area contributed by atoms with Crippen molar-refractivity contribution >= 4 is 12.1 Å². The van der Waals surface area contributed by atoms with Gasteiger partial charge in [-0.3, -0.25) is 4.79 Å². The number of nitrogens with one attached hydrogen (secondary N) is 1. The van der Waals surface area contributed by atoms with Crippen molar-refractivity contribution in [3.63, 3.8) is 0 Å². The molecule has 0 aliphatic rings. The lowest BCUT2D eigenvalue weighted by Crippen LogP contribution is -2.33. The molecule has 1 amide bonds. The Hall–Kier alpha value is -2.08. The number of methoxy groups -OCH3 is 1. The molecule has 25 heavy (non-hydrogen) atoms. The summed E-state index contributed by atoms with van der Waals surface area (Å²) in [5.74, 6) is -1.16. The van der Waals surface area contributed by atoms with Crippen LogP contribution in [0.5, 0.6) is 0 Å². The molecule has 1 rings (SSSR count). The van der Waals surface area contributed by atoms with Gasteiger partial charge in [0.05, 0.1) is 13.2 Å². The van der Waals surface area contributed by atoms with E-state index in [4.69, 9.17) is 9.47 Å². The van der Waals surface area contributed by atoms with Crippen molar-refractivity contribution in [2.75, 3.05) is 13.7 Å². The number of esters is 1. The summed E-state index contributed by atoms with van der Waals surface area (Å²) < 4.78 is 9.97. The highest BCUT2D eigenvalue weighted by molar-refractivity contribution is 5.78. The number of alkyl carbamates (subject to hydrolysis) is 1. The maximum absolute atomic E-state index is 12.0. The van der Waals surface area contributed by atoms with Crippen LogP contribution in [0.3, 0.4) is 0 Å². The van der Waals surface area contributed by atoms with Gasteiger partial charge in [-0.2, -0.15) is 0 Å². The Morgan fingerprint density at radius 1 is 1.16 bits per heavy atom.